The fraction of sp³-hybridized carbons (Fsp3) is 0.294. The summed E-state index contributed by atoms with van der Waals surface area (Å²) in [7, 11) is 0. The van der Waals surface area contributed by atoms with Crippen LogP contribution >= 0.6 is 0 Å². The molecule has 0 aliphatic heterocycles. The average Bonchev–Trinajstić information content (AvgIpc) is 2.48. The molecule has 1 unspecified atom stereocenters. The van der Waals surface area contributed by atoms with Gasteiger partial charge in [0.15, 0.2) is 0 Å². The zero-order valence-electron chi connectivity index (χ0n) is 12.0. The smallest absolute Gasteiger partial charge is 0.263 e. The van der Waals surface area contributed by atoms with E-state index in [4.69, 9.17) is 0 Å². The number of hydrogen-bond donors (Lipinski definition) is 1. The Labute approximate surface area is 122 Å². The minimum Gasteiger partial charge on any atom is -0.306 e. The minimum atomic E-state index is -2.46. The summed E-state index contributed by atoms with van der Waals surface area (Å²) in [5.74, 6) is -0.235. The highest BCUT2D eigenvalue weighted by molar-refractivity contribution is 5.27. The van der Waals surface area contributed by atoms with Crippen LogP contribution in [0.3, 0.4) is 0 Å². The number of halogens is 3. The number of benzene rings is 2. The second kappa shape index (κ2) is 6.76. The van der Waals surface area contributed by atoms with Crippen LogP contribution in [-0.4, -0.2) is 0 Å². The van der Waals surface area contributed by atoms with Crippen LogP contribution in [0.2, 0.25) is 0 Å². The summed E-state index contributed by atoms with van der Waals surface area (Å²) in [6.45, 7) is 4.09. The van der Waals surface area contributed by atoms with Gasteiger partial charge >= 0.3 is 0 Å². The molecule has 1 N–H and O–H groups in total. The quantitative estimate of drug-likeness (QED) is 0.825. The van der Waals surface area contributed by atoms with Gasteiger partial charge in [-0.05, 0) is 42.7 Å². The van der Waals surface area contributed by atoms with Crippen molar-refractivity contribution in [2.24, 2.45) is 0 Å². The first-order chi connectivity index (χ1) is 9.97. The van der Waals surface area contributed by atoms with Crippen molar-refractivity contribution >= 4 is 0 Å². The fourth-order valence-corrected chi connectivity index (χ4v) is 2.11. The maximum absolute atomic E-state index is 13.5. The number of aryl methyl sites for hydroxylation is 1. The first kappa shape index (κ1) is 15.6. The van der Waals surface area contributed by atoms with Crippen molar-refractivity contribution in [1.82, 2.24) is 5.32 Å². The molecule has 112 valence electrons. The van der Waals surface area contributed by atoms with Gasteiger partial charge in [0, 0.05) is 18.2 Å². The SMILES string of the molecule is Cc1ccc(C(C)NCc2cccc(C(F)F)c2)cc1F. The van der Waals surface area contributed by atoms with E-state index < -0.39 is 6.43 Å². The molecule has 1 atom stereocenters. The van der Waals surface area contributed by atoms with Crippen molar-refractivity contribution in [1.29, 1.82) is 0 Å². The van der Waals surface area contributed by atoms with Crippen LogP contribution in [-0.2, 0) is 6.54 Å². The average molecular weight is 293 g/mol. The third-order valence-corrected chi connectivity index (χ3v) is 3.51. The van der Waals surface area contributed by atoms with Gasteiger partial charge in [-0.25, -0.2) is 13.2 Å². The predicted octanol–water partition coefficient (Wildman–Crippen LogP) is 4.92. The lowest BCUT2D eigenvalue weighted by atomic mass is 10.1. The molecule has 4 heteroatoms. The lowest BCUT2D eigenvalue weighted by Crippen LogP contribution is -2.18. The second-order valence-electron chi connectivity index (χ2n) is 5.16. The van der Waals surface area contributed by atoms with Crippen LogP contribution < -0.4 is 5.32 Å². The van der Waals surface area contributed by atoms with Gasteiger partial charge in [-0.2, -0.15) is 0 Å². The molecule has 2 rings (SSSR count). The minimum absolute atomic E-state index is 0.0170. The molecule has 0 fully saturated rings. The highest BCUT2D eigenvalue weighted by Crippen LogP contribution is 2.20. The molecule has 0 saturated heterocycles. The molecular weight excluding hydrogens is 275 g/mol. The van der Waals surface area contributed by atoms with Crippen molar-refractivity contribution in [2.75, 3.05) is 0 Å². The molecule has 0 aliphatic rings. The van der Waals surface area contributed by atoms with Crippen LogP contribution in [0.5, 0.6) is 0 Å². The molecule has 0 amide bonds. The second-order valence-corrected chi connectivity index (χ2v) is 5.16. The first-order valence-corrected chi connectivity index (χ1v) is 6.84. The van der Waals surface area contributed by atoms with Gasteiger partial charge in [0.05, 0.1) is 0 Å². The van der Waals surface area contributed by atoms with Gasteiger partial charge in [0.1, 0.15) is 5.82 Å². The maximum Gasteiger partial charge on any atom is 0.263 e. The predicted molar refractivity (Wildman–Crippen MR) is 77.8 cm³/mol. The van der Waals surface area contributed by atoms with Crippen LogP contribution in [0, 0.1) is 12.7 Å². The van der Waals surface area contributed by atoms with Crippen molar-refractivity contribution in [3.8, 4) is 0 Å². The molecular formula is C17H18F3N. The molecule has 0 saturated carbocycles. The molecule has 0 heterocycles. The molecule has 0 spiro atoms. The molecule has 0 radical (unpaired) electrons. The summed E-state index contributed by atoms with van der Waals surface area (Å²) >= 11 is 0. The lowest BCUT2D eigenvalue weighted by Gasteiger charge is -2.15. The van der Waals surface area contributed by atoms with E-state index in [0.717, 1.165) is 11.1 Å². The zero-order chi connectivity index (χ0) is 15.4. The monoisotopic (exact) mass is 293 g/mol. The molecule has 2 aromatic rings. The van der Waals surface area contributed by atoms with Crippen LogP contribution in [0.25, 0.3) is 0 Å². The van der Waals surface area contributed by atoms with Crippen molar-refractivity contribution in [2.45, 2.75) is 32.9 Å². The summed E-state index contributed by atoms with van der Waals surface area (Å²) in [5, 5.41) is 3.22. The highest BCUT2D eigenvalue weighted by Gasteiger charge is 2.09. The molecule has 0 aliphatic carbocycles. The normalized spacial score (nSPS) is 12.7. The van der Waals surface area contributed by atoms with Crippen molar-refractivity contribution in [3.05, 3.63) is 70.5 Å². The van der Waals surface area contributed by atoms with E-state index in [9.17, 15) is 13.2 Å². The van der Waals surface area contributed by atoms with E-state index in [1.54, 1.807) is 25.1 Å². The molecule has 2 aromatic carbocycles. The topological polar surface area (TPSA) is 12.0 Å². The third-order valence-electron chi connectivity index (χ3n) is 3.51. The van der Waals surface area contributed by atoms with Gasteiger partial charge in [0.2, 0.25) is 0 Å². The summed E-state index contributed by atoms with van der Waals surface area (Å²) in [4.78, 5) is 0. The molecule has 0 bridgehead atoms. The number of hydrogen-bond acceptors (Lipinski definition) is 1. The third kappa shape index (κ3) is 4.08. The Morgan fingerprint density at radius 3 is 2.48 bits per heavy atom. The Morgan fingerprint density at radius 2 is 1.81 bits per heavy atom. The van der Waals surface area contributed by atoms with Gasteiger partial charge in [0.25, 0.3) is 6.43 Å². The Hall–Kier alpha value is -1.81. The lowest BCUT2D eigenvalue weighted by molar-refractivity contribution is 0.151. The Kier molecular flexibility index (Phi) is 5.02. The summed E-state index contributed by atoms with van der Waals surface area (Å²) in [6.07, 6.45) is -2.46. The zero-order valence-corrected chi connectivity index (χ0v) is 12.0. The summed E-state index contributed by atoms with van der Waals surface area (Å²) in [5.41, 5.74) is 2.24. The Morgan fingerprint density at radius 1 is 1.05 bits per heavy atom. The largest absolute Gasteiger partial charge is 0.306 e. The van der Waals surface area contributed by atoms with Crippen molar-refractivity contribution in [3.63, 3.8) is 0 Å². The van der Waals surface area contributed by atoms with Gasteiger partial charge in [-0.15, -0.1) is 0 Å². The summed E-state index contributed by atoms with van der Waals surface area (Å²) in [6, 6.07) is 11.4. The number of alkyl halides is 2. The van der Waals surface area contributed by atoms with E-state index >= 15 is 0 Å². The standard InChI is InChI=1S/C17H18F3N/c1-11-6-7-14(9-16(11)18)12(2)21-10-13-4-3-5-15(8-13)17(19)20/h3-9,12,17,21H,10H2,1-2H3. The van der Waals surface area contributed by atoms with Crippen LogP contribution in [0.1, 0.15) is 41.6 Å². The maximum atomic E-state index is 13.5. The molecule has 0 aromatic heterocycles. The van der Waals surface area contributed by atoms with E-state index in [0.29, 0.717) is 12.1 Å². The van der Waals surface area contributed by atoms with E-state index in [1.807, 2.05) is 13.0 Å². The van der Waals surface area contributed by atoms with E-state index in [-0.39, 0.29) is 17.4 Å². The summed E-state index contributed by atoms with van der Waals surface area (Å²) < 4.78 is 38.8. The molecule has 21 heavy (non-hydrogen) atoms. The number of rotatable bonds is 5. The fourth-order valence-electron chi connectivity index (χ4n) is 2.11. The van der Waals surface area contributed by atoms with Crippen LogP contribution in [0.15, 0.2) is 42.5 Å². The first-order valence-electron chi connectivity index (χ1n) is 6.84. The van der Waals surface area contributed by atoms with Crippen LogP contribution in [0.4, 0.5) is 13.2 Å². The van der Waals surface area contributed by atoms with E-state index in [1.165, 1.54) is 18.2 Å². The van der Waals surface area contributed by atoms with Gasteiger partial charge < -0.3 is 5.32 Å². The van der Waals surface area contributed by atoms with E-state index in [2.05, 4.69) is 5.32 Å². The Bertz CT molecular complexity index is 611. The molecule has 1 nitrogen and oxygen atoms in total. The highest BCUT2D eigenvalue weighted by atomic mass is 19.3. The Balaban J connectivity index is 2.02. The van der Waals surface area contributed by atoms with Crippen molar-refractivity contribution < 1.29 is 13.2 Å². The van der Waals surface area contributed by atoms with Gasteiger partial charge in [-0.1, -0.05) is 30.3 Å². The van der Waals surface area contributed by atoms with Gasteiger partial charge in [-0.3, -0.25) is 0 Å². The number of nitrogens with one attached hydrogen (secondary N) is 1.